The summed E-state index contributed by atoms with van der Waals surface area (Å²) in [4.78, 5) is 16.2. The molecule has 2 aromatic rings. The largest absolute Gasteiger partial charge is 0.289 e. The molecule has 0 saturated heterocycles. The molecule has 0 amide bonds. The summed E-state index contributed by atoms with van der Waals surface area (Å²) in [5.74, 6) is 0.0625. The molecule has 2 rings (SSSR count). The smallest absolute Gasteiger partial charge is 0.193 e. The molecular formula is C15H15NO. The predicted molar refractivity (Wildman–Crippen MR) is 68.2 cm³/mol. The summed E-state index contributed by atoms with van der Waals surface area (Å²) in [7, 11) is 0. The van der Waals surface area contributed by atoms with Gasteiger partial charge in [-0.25, -0.2) is 0 Å². The van der Waals surface area contributed by atoms with Crippen molar-refractivity contribution < 1.29 is 4.79 Å². The number of rotatable bonds is 3. The SMILES string of the molecule is CCc1ccc(C(=O)c2ccncc2C)cc1. The molecule has 0 radical (unpaired) electrons. The Morgan fingerprint density at radius 3 is 2.47 bits per heavy atom. The molecule has 2 nitrogen and oxygen atoms in total. The second kappa shape index (κ2) is 4.91. The fraction of sp³-hybridized carbons (Fsp3) is 0.200. The van der Waals surface area contributed by atoms with Gasteiger partial charge < -0.3 is 0 Å². The lowest BCUT2D eigenvalue weighted by atomic mass is 9.99. The van der Waals surface area contributed by atoms with Crippen LogP contribution < -0.4 is 0 Å². The van der Waals surface area contributed by atoms with Crippen molar-refractivity contribution in [3.63, 3.8) is 0 Å². The van der Waals surface area contributed by atoms with E-state index >= 15 is 0 Å². The van der Waals surface area contributed by atoms with Crippen LogP contribution in [0.2, 0.25) is 0 Å². The molecule has 0 aliphatic rings. The Morgan fingerprint density at radius 2 is 1.88 bits per heavy atom. The van der Waals surface area contributed by atoms with E-state index in [4.69, 9.17) is 0 Å². The molecule has 0 unspecified atom stereocenters. The zero-order valence-corrected chi connectivity index (χ0v) is 10.1. The molecule has 0 N–H and O–H groups in total. The predicted octanol–water partition coefficient (Wildman–Crippen LogP) is 3.18. The molecule has 86 valence electrons. The lowest BCUT2D eigenvalue weighted by Crippen LogP contribution is -2.04. The van der Waals surface area contributed by atoms with E-state index in [0.717, 1.165) is 23.1 Å². The van der Waals surface area contributed by atoms with Crippen molar-refractivity contribution in [3.8, 4) is 0 Å². The van der Waals surface area contributed by atoms with Crippen LogP contribution in [0, 0.1) is 6.92 Å². The molecule has 0 aliphatic heterocycles. The fourth-order valence-corrected chi connectivity index (χ4v) is 1.78. The van der Waals surface area contributed by atoms with Crippen LogP contribution in [0.4, 0.5) is 0 Å². The van der Waals surface area contributed by atoms with Crippen LogP contribution in [0.1, 0.15) is 34.0 Å². The Hall–Kier alpha value is -1.96. The Morgan fingerprint density at radius 1 is 1.18 bits per heavy atom. The minimum atomic E-state index is 0.0625. The first kappa shape index (κ1) is 11.5. The number of carbonyl (C=O) groups is 1. The van der Waals surface area contributed by atoms with Crippen LogP contribution in [-0.2, 0) is 6.42 Å². The highest BCUT2D eigenvalue weighted by Crippen LogP contribution is 2.13. The van der Waals surface area contributed by atoms with Crippen molar-refractivity contribution in [3.05, 3.63) is 65.0 Å². The van der Waals surface area contributed by atoms with Gasteiger partial charge in [0, 0.05) is 23.5 Å². The van der Waals surface area contributed by atoms with Gasteiger partial charge in [0.25, 0.3) is 0 Å². The van der Waals surface area contributed by atoms with Crippen LogP contribution in [0.5, 0.6) is 0 Å². The third kappa shape index (κ3) is 2.41. The number of hydrogen-bond donors (Lipinski definition) is 0. The molecule has 0 atom stereocenters. The summed E-state index contributed by atoms with van der Waals surface area (Å²) in [5.41, 5.74) is 3.62. The van der Waals surface area contributed by atoms with Crippen molar-refractivity contribution in [1.82, 2.24) is 4.98 Å². The van der Waals surface area contributed by atoms with E-state index in [1.807, 2.05) is 31.2 Å². The number of benzene rings is 1. The molecule has 0 saturated carbocycles. The minimum Gasteiger partial charge on any atom is -0.289 e. The minimum absolute atomic E-state index is 0.0625. The molecule has 0 spiro atoms. The standard InChI is InChI=1S/C15H15NO/c1-3-12-4-6-13(7-5-12)15(17)14-8-9-16-10-11(14)2/h4-10H,3H2,1-2H3. The van der Waals surface area contributed by atoms with Crippen molar-refractivity contribution in [2.45, 2.75) is 20.3 Å². The molecule has 1 heterocycles. The normalized spacial score (nSPS) is 10.2. The second-order valence-electron chi connectivity index (χ2n) is 4.07. The summed E-state index contributed by atoms with van der Waals surface area (Å²) in [6, 6.07) is 9.56. The van der Waals surface area contributed by atoms with Crippen LogP contribution in [0.3, 0.4) is 0 Å². The lowest BCUT2D eigenvalue weighted by molar-refractivity contribution is 0.103. The number of hydrogen-bond acceptors (Lipinski definition) is 2. The van der Waals surface area contributed by atoms with E-state index in [0.29, 0.717) is 0 Å². The van der Waals surface area contributed by atoms with Gasteiger partial charge in [-0.2, -0.15) is 0 Å². The van der Waals surface area contributed by atoms with Gasteiger partial charge >= 0.3 is 0 Å². The maximum atomic E-state index is 12.2. The molecule has 17 heavy (non-hydrogen) atoms. The summed E-state index contributed by atoms with van der Waals surface area (Å²) < 4.78 is 0. The van der Waals surface area contributed by atoms with Gasteiger partial charge in [0.15, 0.2) is 5.78 Å². The number of aryl methyl sites for hydroxylation is 2. The van der Waals surface area contributed by atoms with E-state index in [-0.39, 0.29) is 5.78 Å². The third-order valence-electron chi connectivity index (χ3n) is 2.89. The molecule has 0 bridgehead atoms. The van der Waals surface area contributed by atoms with Crippen LogP contribution in [-0.4, -0.2) is 10.8 Å². The average molecular weight is 225 g/mol. The zero-order valence-electron chi connectivity index (χ0n) is 10.1. The first-order valence-electron chi connectivity index (χ1n) is 5.76. The maximum Gasteiger partial charge on any atom is 0.193 e. The van der Waals surface area contributed by atoms with Gasteiger partial charge in [-0.3, -0.25) is 9.78 Å². The molecule has 1 aromatic heterocycles. The third-order valence-corrected chi connectivity index (χ3v) is 2.89. The highest BCUT2D eigenvalue weighted by Gasteiger charge is 2.10. The fourth-order valence-electron chi connectivity index (χ4n) is 1.78. The summed E-state index contributed by atoms with van der Waals surface area (Å²) in [6.45, 7) is 4.00. The van der Waals surface area contributed by atoms with E-state index in [9.17, 15) is 4.79 Å². The zero-order chi connectivity index (χ0) is 12.3. The van der Waals surface area contributed by atoms with Crippen LogP contribution >= 0.6 is 0 Å². The van der Waals surface area contributed by atoms with E-state index < -0.39 is 0 Å². The number of ketones is 1. The molecule has 1 aromatic carbocycles. The number of pyridine rings is 1. The Balaban J connectivity index is 2.34. The van der Waals surface area contributed by atoms with Crippen LogP contribution in [0.25, 0.3) is 0 Å². The first-order chi connectivity index (χ1) is 8.22. The highest BCUT2D eigenvalue weighted by molar-refractivity contribution is 6.09. The quantitative estimate of drug-likeness (QED) is 0.751. The van der Waals surface area contributed by atoms with Gasteiger partial charge in [0.2, 0.25) is 0 Å². The van der Waals surface area contributed by atoms with Crippen LogP contribution in [0.15, 0.2) is 42.7 Å². The number of carbonyl (C=O) groups excluding carboxylic acids is 1. The van der Waals surface area contributed by atoms with Crippen molar-refractivity contribution >= 4 is 5.78 Å². The van der Waals surface area contributed by atoms with Gasteiger partial charge in [-0.15, -0.1) is 0 Å². The summed E-state index contributed by atoms with van der Waals surface area (Å²) in [6.07, 6.45) is 4.36. The lowest BCUT2D eigenvalue weighted by Gasteiger charge is -2.04. The van der Waals surface area contributed by atoms with E-state index in [1.165, 1.54) is 5.56 Å². The van der Waals surface area contributed by atoms with Crippen molar-refractivity contribution in [1.29, 1.82) is 0 Å². The van der Waals surface area contributed by atoms with Gasteiger partial charge in [0.1, 0.15) is 0 Å². The summed E-state index contributed by atoms with van der Waals surface area (Å²) >= 11 is 0. The molecule has 0 aliphatic carbocycles. The number of nitrogens with zero attached hydrogens (tertiary/aromatic N) is 1. The van der Waals surface area contributed by atoms with Crippen molar-refractivity contribution in [2.24, 2.45) is 0 Å². The monoisotopic (exact) mass is 225 g/mol. The number of aromatic nitrogens is 1. The molecular weight excluding hydrogens is 210 g/mol. The topological polar surface area (TPSA) is 30.0 Å². The Labute approximate surface area is 101 Å². The Bertz CT molecular complexity index is 529. The second-order valence-corrected chi connectivity index (χ2v) is 4.07. The van der Waals surface area contributed by atoms with Gasteiger partial charge in [-0.1, -0.05) is 31.2 Å². The average Bonchev–Trinajstić information content (AvgIpc) is 2.39. The van der Waals surface area contributed by atoms with E-state index in [2.05, 4.69) is 11.9 Å². The highest BCUT2D eigenvalue weighted by atomic mass is 16.1. The van der Waals surface area contributed by atoms with Gasteiger partial charge in [-0.05, 0) is 30.5 Å². The van der Waals surface area contributed by atoms with Crippen molar-refractivity contribution in [2.75, 3.05) is 0 Å². The summed E-state index contributed by atoms with van der Waals surface area (Å²) in [5, 5.41) is 0. The van der Waals surface area contributed by atoms with E-state index in [1.54, 1.807) is 18.5 Å². The molecule has 2 heteroatoms. The van der Waals surface area contributed by atoms with Gasteiger partial charge in [0.05, 0.1) is 0 Å². The first-order valence-corrected chi connectivity index (χ1v) is 5.76. The maximum absolute atomic E-state index is 12.2. The molecule has 0 fully saturated rings. The Kier molecular flexibility index (Phi) is 3.33.